The second-order valence-corrected chi connectivity index (χ2v) is 12.7. The van der Waals surface area contributed by atoms with Crippen molar-refractivity contribution in [2.45, 2.75) is 61.2 Å². The summed E-state index contributed by atoms with van der Waals surface area (Å²) < 4.78 is 27.9. The molecule has 0 bridgehead atoms. The number of fused-ring (bicyclic) bond motifs is 2. The molecule has 8 nitrogen and oxygen atoms in total. The number of aliphatic hydroxyl groups excluding tert-OH is 2. The van der Waals surface area contributed by atoms with Crippen LogP contribution in [0.1, 0.15) is 46.8 Å². The van der Waals surface area contributed by atoms with E-state index in [-0.39, 0.29) is 35.6 Å². The molecule has 1 spiro atoms. The molecule has 1 fully saturated rings. The number of amides is 1. The van der Waals surface area contributed by atoms with Gasteiger partial charge in [0.25, 0.3) is 0 Å². The lowest BCUT2D eigenvalue weighted by Crippen LogP contribution is -2.41. The number of hydrogen-bond acceptors (Lipinski definition) is 6. The Balaban J connectivity index is 1.25. The van der Waals surface area contributed by atoms with Gasteiger partial charge in [0, 0.05) is 29.5 Å². The topological polar surface area (TPSA) is 133 Å². The summed E-state index contributed by atoms with van der Waals surface area (Å²) >= 11 is 0. The molecule has 0 aliphatic heterocycles. The Kier molecular flexibility index (Phi) is 7.92. The van der Waals surface area contributed by atoms with Gasteiger partial charge in [0.1, 0.15) is 0 Å². The molecule has 0 saturated heterocycles. The van der Waals surface area contributed by atoms with Crippen molar-refractivity contribution >= 4 is 21.7 Å². The molecule has 4 N–H and O–H groups in total. The van der Waals surface area contributed by atoms with E-state index in [1.807, 2.05) is 54.6 Å². The highest BCUT2D eigenvalue weighted by atomic mass is 32.2. The maximum Gasteiger partial charge on any atom is 0.240 e. The fourth-order valence-electron chi connectivity index (χ4n) is 5.89. The molecule has 5 rings (SSSR count). The van der Waals surface area contributed by atoms with E-state index in [2.05, 4.69) is 10.0 Å². The second-order valence-electron chi connectivity index (χ2n) is 10.9. The summed E-state index contributed by atoms with van der Waals surface area (Å²) in [6.45, 7) is 1.13. The number of Topliss-reactive ketones (excluding diaryl/α,β-unsaturated/α-hetero) is 1. The largest absolute Gasteiger partial charge is 0.392 e. The van der Waals surface area contributed by atoms with E-state index in [1.165, 1.54) is 31.2 Å². The molecule has 0 heterocycles. The molecule has 1 amide bonds. The predicted molar refractivity (Wildman–Crippen MR) is 150 cm³/mol. The molecule has 1 saturated carbocycles. The summed E-state index contributed by atoms with van der Waals surface area (Å²) in [5, 5.41) is 24.8. The van der Waals surface area contributed by atoms with Gasteiger partial charge in [0.05, 0.1) is 17.1 Å². The van der Waals surface area contributed by atoms with Gasteiger partial charge in [-0.05, 0) is 61.4 Å². The summed E-state index contributed by atoms with van der Waals surface area (Å²) in [6.07, 6.45) is -0.0387. The smallest absolute Gasteiger partial charge is 0.240 e. The van der Waals surface area contributed by atoms with Crippen molar-refractivity contribution in [3.05, 3.63) is 101 Å². The lowest BCUT2D eigenvalue weighted by molar-refractivity contribution is -0.126. The summed E-state index contributed by atoms with van der Waals surface area (Å²) in [6, 6.07) is 22.8. The van der Waals surface area contributed by atoms with Gasteiger partial charge in [-0.3, -0.25) is 9.59 Å². The van der Waals surface area contributed by atoms with Crippen LogP contribution in [0.4, 0.5) is 0 Å². The number of carbonyl (C=O) groups excluding carboxylic acids is 2. The van der Waals surface area contributed by atoms with Gasteiger partial charge in [-0.25, -0.2) is 13.1 Å². The van der Waals surface area contributed by atoms with Crippen LogP contribution in [-0.4, -0.2) is 55.1 Å². The zero-order valence-electron chi connectivity index (χ0n) is 22.3. The highest BCUT2D eigenvalue weighted by molar-refractivity contribution is 7.89. The van der Waals surface area contributed by atoms with Gasteiger partial charge in [0.15, 0.2) is 5.78 Å². The first kappa shape index (κ1) is 28.2. The molecule has 0 aromatic heterocycles. The van der Waals surface area contributed by atoms with Gasteiger partial charge in [-0.1, -0.05) is 66.7 Å². The third-order valence-corrected chi connectivity index (χ3v) is 9.62. The first-order chi connectivity index (χ1) is 19.1. The summed E-state index contributed by atoms with van der Waals surface area (Å²) in [4.78, 5) is 25.0. The van der Waals surface area contributed by atoms with Crippen molar-refractivity contribution in [3.63, 3.8) is 0 Å². The van der Waals surface area contributed by atoms with Crippen molar-refractivity contribution in [1.82, 2.24) is 10.0 Å². The monoisotopic (exact) mass is 562 g/mol. The first-order valence-electron chi connectivity index (χ1n) is 13.5. The number of nitrogens with one attached hydrogen (secondary N) is 2. The highest BCUT2D eigenvalue weighted by Crippen LogP contribution is 2.56. The van der Waals surface area contributed by atoms with Crippen LogP contribution in [-0.2, 0) is 33.1 Å². The van der Waals surface area contributed by atoms with Crippen LogP contribution in [0.25, 0.3) is 0 Å². The summed E-state index contributed by atoms with van der Waals surface area (Å²) in [7, 11) is -3.92. The Morgan fingerprint density at radius 1 is 1.00 bits per heavy atom. The molecular formula is C31H34N2O6S. The fourth-order valence-corrected chi connectivity index (χ4v) is 6.96. The van der Waals surface area contributed by atoms with Crippen LogP contribution in [0.5, 0.6) is 0 Å². The maximum absolute atomic E-state index is 13.5. The van der Waals surface area contributed by atoms with E-state index < -0.39 is 33.6 Å². The van der Waals surface area contributed by atoms with Gasteiger partial charge >= 0.3 is 0 Å². The van der Waals surface area contributed by atoms with Crippen LogP contribution in [0.15, 0.2) is 83.8 Å². The van der Waals surface area contributed by atoms with Gasteiger partial charge < -0.3 is 15.5 Å². The molecular weight excluding hydrogens is 528 g/mol. The van der Waals surface area contributed by atoms with Crippen LogP contribution in [0, 0.1) is 5.92 Å². The minimum Gasteiger partial charge on any atom is -0.392 e. The number of sulfonamides is 1. The molecule has 5 atom stereocenters. The van der Waals surface area contributed by atoms with Crippen LogP contribution < -0.4 is 10.0 Å². The number of carbonyl (C=O) groups is 2. The van der Waals surface area contributed by atoms with Crippen molar-refractivity contribution in [2.24, 2.45) is 5.92 Å². The third kappa shape index (κ3) is 5.74. The van der Waals surface area contributed by atoms with Crippen LogP contribution in [0.3, 0.4) is 0 Å². The second kappa shape index (κ2) is 11.2. The Morgan fingerprint density at radius 3 is 2.38 bits per heavy atom. The molecule has 3 aromatic carbocycles. The number of hydrogen-bond donors (Lipinski definition) is 4. The minimum atomic E-state index is -3.92. The fraction of sp³-hybridized carbons (Fsp3) is 0.355. The maximum atomic E-state index is 13.5. The average Bonchev–Trinajstić information content (AvgIpc) is 3.59. The molecule has 2 unspecified atom stereocenters. The quantitative estimate of drug-likeness (QED) is 0.266. The lowest BCUT2D eigenvalue weighted by Gasteiger charge is -2.22. The van der Waals surface area contributed by atoms with Crippen molar-refractivity contribution in [2.75, 3.05) is 6.54 Å². The van der Waals surface area contributed by atoms with Crippen molar-refractivity contribution < 1.29 is 28.2 Å². The first-order valence-corrected chi connectivity index (χ1v) is 15.0. The van der Waals surface area contributed by atoms with Crippen molar-refractivity contribution in [3.8, 4) is 0 Å². The average molecular weight is 563 g/mol. The summed E-state index contributed by atoms with van der Waals surface area (Å²) in [5.74, 6) is -1.01. The Morgan fingerprint density at radius 2 is 1.68 bits per heavy atom. The van der Waals surface area contributed by atoms with Gasteiger partial charge in [-0.2, -0.15) is 0 Å². The third-order valence-electron chi connectivity index (χ3n) is 8.18. The van der Waals surface area contributed by atoms with Crippen LogP contribution >= 0.6 is 0 Å². The van der Waals surface area contributed by atoms with Crippen molar-refractivity contribution in [1.29, 1.82) is 0 Å². The van der Waals surface area contributed by atoms with E-state index >= 15 is 0 Å². The molecule has 2 aliphatic carbocycles. The standard InChI is InChI=1S/C31H34N2O6S/c1-20(34)22-11-13-26(14-12-22)40(38,39)32-19-25(35)16-24(15-21-7-3-2-4-8-21)30(37)33-28-18-31(28)27-10-6-5-9-23(27)17-29(31)36/h2-14,24-25,28-29,32,35-36H,15-19H2,1H3,(H,33,37)/t24-,25+,28?,29?,31-/m1/s1. The minimum absolute atomic E-state index is 0.0160. The Labute approximate surface area is 234 Å². The lowest BCUT2D eigenvalue weighted by atomic mass is 9.92. The van der Waals surface area contributed by atoms with E-state index in [9.17, 15) is 28.2 Å². The molecule has 210 valence electrons. The van der Waals surface area contributed by atoms with Crippen LogP contribution in [0.2, 0.25) is 0 Å². The Hall–Kier alpha value is -3.37. The molecule has 40 heavy (non-hydrogen) atoms. The van der Waals surface area contributed by atoms with Gasteiger partial charge in [0.2, 0.25) is 15.9 Å². The Bertz CT molecular complexity index is 1490. The number of ketones is 1. The van der Waals surface area contributed by atoms with E-state index in [4.69, 9.17) is 0 Å². The zero-order valence-corrected chi connectivity index (χ0v) is 23.1. The highest BCUT2D eigenvalue weighted by Gasteiger charge is 2.64. The van der Waals surface area contributed by atoms with E-state index in [0.29, 0.717) is 24.8 Å². The molecule has 3 aromatic rings. The van der Waals surface area contributed by atoms with E-state index in [0.717, 1.165) is 16.7 Å². The SMILES string of the molecule is CC(=O)c1ccc(S(=O)(=O)NC[C@@H](O)C[C@@H](Cc2ccccc2)C(=O)NC2C[C@@]23c2ccccc2CC3O)cc1. The number of aliphatic hydroxyl groups is 2. The van der Waals surface area contributed by atoms with Gasteiger partial charge in [-0.15, -0.1) is 0 Å². The molecule has 0 radical (unpaired) electrons. The molecule has 9 heteroatoms. The molecule has 2 aliphatic rings. The van der Waals surface area contributed by atoms with E-state index in [1.54, 1.807) is 0 Å². The number of rotatable bonds is 11. The predicted octanol–water partition coefficient (Wildman–Crippen LogP) is 2.52. The zero-order chi connectivity index (χ0) is 28.5. The number of benzene rings is 3. The normalized spacial score (nSPS) is 22.9. The summed E-state index contributed by atoms with van der Waals surface area (Å²) in [5.41, 5.74) is 3.04.